The molecule has 22 heavy (non-hydrogen) atoms. The van der Waals surface area contributed by atoms with Crippen LogP contribution in [-0.2, 0) is 22.6 Å². The topological polar surface area (TPSA) is 53.0 Å². The van der Waals surface area contributed by atoms with Gasteiger partial charge < -0.3 is 9.84 Å². The normalized spacial score (nSPS) is 24.5. The van der Waals surface area contributed by atoms with E-state index in [1.54, 1.807) is 0 Å². The second-order valence-corrected chi connectivity index (χ2v) is 7.36. The molecule has 2 aliphatic rings. The van der Waals surface area contributed by atoms with E-state index in [-0.39, 0.29) is 0 Å². The predicted molar refractivity (Wildman–Crippen MR) is 86.1 cm³/mol. The Kier molecular flexibility index (Phi) is 5.46. The number of nitrogens with zero attached hydrogens (tertiary/aromatic N) is 2. The Morgan fingerprint density at radius 2 is 1.91 bits per heavy atom. The number of likely N-dealkylation sites (tertiary alicyclic amines) is 1. The second-order valence-electron chi connectivity index (χ2n) is 6.10. The van der Waals surface area contributed by atoms with Crippen LogP contribution in [0, 0.1) is 0 Å². The minimum atomic E-state index is -0.787. The number of thiophene rings is 1. The molecule has 3 rings (SSSR count). The molecule has 1 atom stereocenters. The maximum absolute atomic E-state index is 11.3. The molecule has 2 saturated heterocycles. The van der Waals surface area contributed by atoms with E-state index in [1.807, 2.05) is 16.2 Å². The lowest BCUT2D eigenvalue weighted by Gasteiger charge is -2.32. The van der Waals surface area contributed by atoms with Gasteiger partial charge in [-0.3, -0.25) is 14.6 Å². The van der Waals surface area contributed by atoms with Crippen LogP contribution >= 0.6 is 11.3 Å². The number of ether oxygens (including phenoxy) is 1. The molecule has 1 N–H and O–H groups in total. The lowest BCUT2D eigenvalue weighted by atomic mass is 10.1. The highest BCUT2D eigenvalue weighted by atomic mass is 32.1. The molecule has 0 spiro atoms. The number of carboxylic acids is 1. The monoisotopic (exact) mass is 324 g/mol. The zero-order valence-electron chi connectivity index (χ0n) is 12.9. The molecular formula is C16H24N2O3S. The molecule has 0 radical (unpaired) electrons. The van der Waals surface area contributed by atoms with Gasteiger partial charge in [0.15, 0.2) is 0 Å². The molecule has 1 aromatic rings. The number of rotatable bonds is 5. The van der Waals surface area contributed by atoms with Crippen molar-refractivity contribution in [1.29, 1.82) is 0 Å². The zero-order valence-corrected chi connectivity index (χ0v) is 13.7. The quantitative estimate of drug-likeness (QED) is 0.898. The Bertz CT molecular complexity index is 499. The van der Waals surface area contributed by atoms with Crippen LogP contribution in [0.3, 0.4) is 0 Å². The molecule has 2 fully saturated rings. The summed E-state index contributed by atoms with van der Waals surface area (Å²) < 4.78 is 5.29. The lowest BCUT2D eigenvalue weighted by Crippen LogP contribution is -2.49. The van der Waals surface area contributed by atoms with E-state index < -0.39 is 12.0 Å². The van der Waals surface area contributed by atoms with Crippen molar-refractivity contribution >= 4 is 17.3 Å². The van der Waals surface area contributed by atoms with Crippen LogP contribution in [0.25, 0.3) is 0 Å². The summed E-state index contributed by atoms with van der Waals surface area (Å²) in [6.45, 7) is 5.77. The van der Waals surface area contributed by atoms with Crippen LogP contribution in [0.15, 0.2) is 12.1 Å². The van der Waals surface area contributed by atoms with Gasteiger partial charge in [0.25, 0.3) is 0 Å². The first-order valence-electron chi connectivity index (χ1n) is 8.07. The van der Waals surface area contributed by atoms with Crippen molar-refractivity contribution in [2.24, 2.45) is 0 Å². The first-order chi connectivity index (χ1) is 10.7. The SMILES string of the molecule is O=C(O)[C@H]1COCCN1Cc1ccc(CN2CCCCC2)s1. The molecular weight excluding hydrogens is 300 g/mol. The lowest BCUT2D eigenvalue weighted by molar-refractivity contribution is -0.150. The molecule has 0 saturated carbocycles. The van der Waals surface area contributed by atoms with E-state index in [2.05, 4.69) is 17.0 Å². The average Bonchev–Trinajstić information content (AvgIpc) is 2.96. The number of carboxylic acid groups (broad SMARTS) is 1. The fourth-order valence-corrected chi connectivity index (χ4v) is 4.27. The minimum absolute atomic E-state index is 0.293. The standard InChI is InChI=1S/C16H24N2O3S/c19-16(20)15-12-21-9-8-18(15)11-14-5-4-13(22-14)10-17-6-2-1-3-7-17/h4-5,15H,1-3,6-12H2,(H,19,20)/t15-/m1/s1. The Morgan fingerprint density at radius 1 is 1.18 bits per heavy atom. The van der Waals surface area contributed by atoms with Crippen molar-refractivity contribution in [3.05, 3.63) is 21.9 Å². The van der Waals surface area contributed by atoms with Crippen molar-refractivity contribution in [3.8, 4) is 0 Å². The Hall–Kier alpha value is -0.950. The molecule has 5 nitrogen and oxygen atoms in total. The van der Waals surface area contributed by atoms with Crippen molar-refractivity contribution < 1.29 is 14.6 Å². The van der Waals surface area contributed by atoms with Crippen LogP contribution in [0.5, 0.6) is 0 Å². The van der Waals surface area contributed by atoms with Gasteiger partial charge in [-0.15, -0.1) is 11.3 Å². The average molecular weight is 324 g/mol. The highest BCUT2D eigenvalue weighted by Gasteiger charge is 2.29. The minimum Gasteiger partial charge on any atom is -0.480 e. The van der Waals surface area contributed by atoms with Gasteiger partial charge in [0, 0.05) is 29.4 Å². The molecule has 1 aromatic heterocycles. The molecule has 2 aliphatic heterocycles. The van der Waals surface area contributed by atoms with E-state index in [4.69, 9.17) is 4.74 Å². The molecule has 6 heteroatoms. The number of hydrogen-bond donors (Lipinski definition) is 1. The van der Waals surface area contributed by atoms with Gasteiger partial charge in [-0.2, -0.15) is 0 Å². The molecule has 0 amide bonds. The van der Waals surface area contributed by atoms with Gasteiger partial charge in [0.05, 0.1) is 13.2 Å². The van der Waals surface area contributed by atoms with E-state index in [0.717, 1.165) is 6.54 Å². The largest absolute Gasteiger partial charge is 0.480 e. The summed E-state index contributed by atoms with van der Waals surface area (Å²) >= 11 is 1.82. The fourth-order valence-electron chi connectivity index (χ4n) is 3.19. The third kappa shape index (κ3) is 4.07. The fraction of sp³-hybridized carbons (Fsp3) is 0.688. The van der Waals surface area contributed by atoms with Crippen LogP contribution in [-0.4, -0.2) is 59.8 Å². The van der Waals surface area contributed by atoms with E-state index in [9.17, 15) is 9.90 Å². The highest BCUT2D eigenvalue weighted by Crippen LogP contribution is 2.23. The number of carbonyl (C=O) groups is 1. The van der Waals surface area contributed by atoms with Crippen molar-refractivity contribution in [1.82, 2.24) is 9.80 Å². The number of hydrogen-bond acceptors (Lipinski definition) is 5. The zero-order chi connectivity index (χ0) is 15.4. The summed E-state index contributed by atoms with van der Waals surface area (Å²) in [5, 5.41) is 9.28. The van der Waals surface area contributed by atoms with Crippen LogP contribution in [0.2, 0.25) is 0 Å². The maximum atomic E-state index is 11.3. The predicted octanol–water partition coefficient (Wildman–Crippen LogP) is 2.02. The van der Waals surface area contributed by atoms with Crippen molar-refractivity contribution in [2.75, 3.05) is 32.8 Å². The summed E-state index contributed by atoms with van der Waals surface area (Å²) in [7, 11) is 0. The first-order valence-corrected chi connectivity index (χ1v) is 8.88. The van der Waals surface area contributed by atoms with E-state index >= 15 is 0 Å². The molecule has 0 aliphatic carbocycles. The Labute approximate surface area is 135 Å². The van der Waals surface area contributed by atoms with Crippen molar-refractivity contribution in [3.63, 3.8) is 0 Å². The molecule has 122 valence electrons. The molecule has 0 aromatic carbocycles. The molecule has 0 unspecified atom stereocenters. The van der Waals surface area contributed by atoms with Gasteiger partial charge in [-0.05, 0) is 38.1 Å². The van der Waals surface area contributed by atoms with Gasteiger partial charge in [-0.1, -0.05) is 6.42 Å². The van der Waals surface area contributed by atoms with E-state index in [0.29, 0.717) is 26.3 Å². The number of piperidine rings is 1. The third-order valence-corrected chi connectivity index (χ3v) is 5.48. The maximum Gasteiger partial charge on any atom is 0.323 e. The molecule has 0 bridgehead atoms. The van der Waals surface area contributed by atoms with Crippen LogP contribution in [0.1, 0.15) is 29.0 Å². The summed E-state index contributed by atoms with van der Waals surface area (Å²) in [6, 6.07) is 3.84. The van der Waals surface area contributed by atoms with Gasteiger partial charge >= 0.3 is 5.97 Å². The van der Waals surface area contributed by atoms with Gasteiger partial charge in [0.1, 0.15) is 6.04 Å². The summed E-state index contributed by atoms with van der Waals surface area (Å²) in [6.07, 6.45) is 3.98. The summed E-state index contributed by atoms with van der Waals surface area (Å²) in [5.41, 5.74) is 0. The third-order valence-electron chi connectivity index (χ3n) is 4.43. The number of aliphatic carboxylic acids is 1. The van der Waals surface area contributed by atoms with Gasteiger partial charge in [0.2, 0.25) is 0 Å². The Balaban J connectivity index is 1.57. The summed E-state index contributed by atoms with van der Waals surface area (Å²) in [5.74, 6) is -0.787. The number of morpholine rings is 1. The van der Waals surface area contributed by atoms with Crippen LogP contribution in [0.4, 0.5) is 0 Å². The smallest absolute Gasteiger partial charge is 0.323 e. The second kappa shape index (κ2) is 7.55. The van der Waals surface area contributed by atoms with E-state index in [1.165, 1.54) is 42.1 Å². The van der Waals surface area contributed by atoms with Crippen LogP contribution < -0.4 is 0 Å². The molecule has 3 heterocycles. The summed E-state index contributed by atoms with van der Waals surface area (Å²) in [4.78, 5) is 18.5. The Morgan fingerprint density at radius 3 is 2.64 bits per heavy atom. The van der Waals surface area contributed by atoms with Crippen molar-refractivity contribution in [2.45, 2.75) is 38.4 Å². The first kappa shape index (κ1) is 15.9. The highest BCUT2D eigenvalue weighted by molar-refractivity contribution is 7.11. The van der Waals surface area contributed by atoms with Gasteiger partial charge in [-0.25, -0.2) is 0 Å².